The predicted octanol–water partition coefficient (Wildman–Crippen LogP) is 3.54. The highest BCUT2D eigenvalue weighted by molar-refractivity contribution is 5.77. The van der Waals surface area contributed by atoms with Crippen molar-refractivity contribution in [1.82, 2.24) is 0 Å². The van der Waals surface area contributed by atoms with Crippen molar-refractivity contribution in [2.75, 3.05) is 0 Å². The fourth-order valence-corrected chi connectivity index (χ4v) is 2.66. The topological polar surface area (TPSA) is 26.3 Å². The minimum Gasteiger partial charge on any atom is -0.463 e. The number of esters is 1. The van der Waals surface area contributed by atoms with Gasteiger partial charge in [0.15, 0.2) is 0 Å². The Morgan fingerprint density at radius 1 is 1.20 bits per heavy atom. The smallest absolute Gasteiger partial charge is 0.312 e. The quantitative estimate of drug-likeness (QED) is 0.666. The third-order valence-electron chi connectivity index (χ3n) is 3.14. The molecule has 0 unspecified atom stereocenters. The first kappa shape index (κ1) is 12.5. The van der Waals surface area contributed by atoms with Crippen LogP contribution >= 0.6 is 0 Å². The molecule has 0 aromatic carbocycles. The summed E-state index contributed by atoms with van der Waals surface area (Å²) < 4.78 is 5.40. The molecule has 88 valence electrons. The van der Waals surface area contributed by atoms with Gasteiger partial charge in [0, 0.05) is 0 Å². The van der Waals surface area contributed by atoms with Crippen LogP contribution in [0, 0.1) is 11.3 Å². The summed E-state index contributed by atoms with van der Waals surface area (Å²) in [5.74, 6) is 0.617. The molecule has 2 heteroatoms. The second kappa shape index (κ2) is 5.00. The van der Waals surface area contributed by atoms with Crippen LogP contribution in [0.1, 0.15) is 59.8 Å². The van der Waals surface area contributed by atoms with E-state index in [4.69, 9.17) is 4.74 Å². The first-order valence-corrected chi connectivity index (χ1v) is 6.17. The summed E-state index contributed by atoms with van der Waals surface area (Å²) in [5, 5.41) is 0. The number of carbonyl (C=O) groups is 1. The van der Waals surface area contributed by atoms with E-state index in [-0.39, 0.29) is 17.5 Å². The second-order valence-corrected chi connectivity index (χ2v) is 5.54. The van der Waals surface area contributed by atoms with E-state index < -0.39 is 0 Å². The fraction of sp³-hybridized carbons (Fsp3) is 0.923. The Hall–Kier alpha value is -0.530. The van der Waals surface area contributed by atoms with E-state index in [1.54, 1.807) is 0 Å². The average Bonchev–Trinajstić information content (AvgIpc) is 2.51. The van der Waals surface area contributed by atoms with Crippen molar-refractivity contribution in [1.29, 1.82) is 0 Å². The Kier molecular flexibility index (Phi) is 4.18. The molecule has 0 aromatic rings. The van der Waals surface area contributed by atoms with Gasteiger partial charge in [-0.05, 0) is 39.0 Å². The zero-order valence-corrected chi connectivity index (χ0v) is 10.5. The summed E-state index contributed by atoms with van der Waals surface area (Å²) in [7, 11) is 0. The highest BCUT2D eigenvalue weighted by Crippen LogP contribution is 2.44. The highest BCUT2D eigenvalue weighted by Gasteiger charge is 2.42. The van der Waals surface area contributed by atoms with E-state index in [0.29, 0.717) is 5.92 Å². The van der Waals surface area contributed by atoms with E-state index in [2.05, 4.69) is 13.8 Å². The molecule has 0 spiro atoms. The van der Waals surface area contributed by atoms with Gasteiger partial charge >= 0.3 is 5.97 Å². The van der Waals surface area contributed by atoms with Crippen molar-refractivity contribution < 1.29 is 9.53 Å². The molecule has 1 aliphatic rings. The molecule has 2 nitrogen and oxygen atoms in total. The second-order valence-electron chi connectivity index (χ2n) is 5.54. The van der Waals surface area contributed by atoms with Gasteiger partial charge in [-0.1, -0.05) is 26.7 Å². The van der Waals surface area contributed by atoms with Crippen LogP contribution < -0.4 is 0 Å². The van der Waals surface area contributed by atoms with Crippen molar-refractivity contribution in [3.63, 3.8) is 0 Å². The van der Waals surface area contributed by atoms with Crippen molar-refractivity contribution in [3.8, 4) is 0 Å². The lowest BCUT2D eigenvalue weighted by Crippen LogP contribution is -2.33. The molecule has 1 saturated carbocycles. The number of hydrogen-bond acceptors (Lipinski definition) is 2. The van der Waals surface area contributed by atoms with Gasteiger partial charge in [0.25, 0.3) is 0 Å². The summed E-state index contributed by atoms with van der Waals surface area (Å²) in [6.07, 6.45) is 5.41. The van der Waals surface area contributed by atoms with Gasteiger partial charge in [-0.15, -0.1) is 0 Å². The predicted molar refractivity (Wildman–Crippen MR) is 61.6 cm³/mol. The zero-order valence-electron chi connectivity index (χ0n) is 10.5. The number of hydrogen-bond donors (Lipinski definition) is 0. The zero-order chi connectivity index (χ0) is 11.5. The largest absolute Gasteiger partial charge is 0.463 e. The van der Waals surface area contributed by atoms with Crippen molar-refractivity contribution in [2.24, 2.45) is 11.3 Å². The summed E-state index contributed by atoms with van der Waals surface area (Å²) in [6, 6.07) is 0. The van der Waals surface area contributed by atoms with Gasteiger partial charge in [-0.3, -0.25) is 4.79 Å². The molecular formula is C13H24O2. The summed E-state index contributed by atoms with van der Waals surface area (Å²) in [4.78, 5) is 12.1. The Morgan fingerprint density at radius 2 is 1.73 bits per heavy atom. The van der Waals surface area contributed by atoms with E-state index in [9.17, 15) is 4.79 Å². The Morgan fingerprint density at radius 3 is 2.13 bits per heavy atom. The number of carbonyl (C=O) groups excluding carboxylic acids is 1. The molecule has 1 fully saturated rings. The summed E-state index contributed by atoms with van der Waals surface area (Å²) in [6.45, 7) is 8.22. The number of rotatable bonds is 4. The molecular weight excluding hydrogens is 188 g/mol. The van der Waals surface area contributed by atoms with Gasteiger partial charge in [-0.25, -0.2) is 0 Å². The monoisotopic (exact) mass is 212 g/mol. The number of ether oxygens (including phenoxy) is 1. The SMILES string of the molecule is CC(C)CC1(C(=O)OC(C)C)CCCC1. The molecule has 0 aliphatic heterocycles. The van der Waals surface area contributed by atoms with Crippen LogP contribution in [-0.4, -0.2) is 12.1 Å². The van der Waals surface area contributed by atoms with Crippen LogP contribution in [0.5, 0.6) is 0 Å². The van der Waals surface area contributed by atoms with Crippen LogP contribution in [0.25, 0.3) is 0 Å². The lowest BCUT2D eigenvalue weighted by atomic mass is 9.78. The average molecular weight is 212 g/mol. The highest BCUT2D eigenvalue weighted by atomic mass is 16.5. The third kappa shape index (κ3) is 3.22. The van der Waals surface area contributed by atoms with Gasteiger partial charge in [0.1, 0.15) is 0 Å². The van der Waals surface area contributed by atoms with Crippen LogP contribution in [0.15, 0.2) is 0 Å². The van der Waals surface area contributed by atoms with Gasteiger partial charge < -0.3 is 4.74 Å². The summed E-state index contributed by atoms with van der Waals surface area (Å²) >= 11 is 0. The molecule has 0 amide bonds. The molecule has 0 aromatic heterocycles. The van der Waals surface area contributed by atoms with Gasteiger partial charge in [0.05, 0.1) is 11.5 Å². The lowest BCUT2D eigenvalue weighted by molar-refractivity contribution is -0.160. The van der Waals surface area contributed by atoms with E-state index in [1.165, 1.54) is 12.8 Å². The van der Waals surface area contributed by atoms with Crippen LogP contribution in [0.3, 0.4) is 0 Å². The lowest BCUT2D eigenvalue weighted by Gasteiger charge is -2.29. The van der Waals surface area contributed by atoms with Crippen LogP contribution in [0.2, 0.25) is 0 Å². The van der Waals surface area contributed by atoms with Gasteiger partial charge in [-0.2, -0.15) is 0 Å². The molecule has 1 rings (SSSR count). The summed E-state index contributed by atoms with van der Waals surface area (Å²) in [5.41, 5.74) is -0.154. The van der Waals surface area contributed by atoms with Crippen molar-refractivity contribution in [2.45, 2.75) is 65.9 Å². The standard InChI is InChI=1S/C13H24O2/c1-10(2)9-13(7-5-6-8-13)12(14)15-11(3)4/h10-11H,5-9H2,1-4H3. The minimum atomic E-state index is -0.154. The van der Waals surface area contributed by atoms with Crippen molar-refractivity contribution in [3.05, 3.63) is 0 Å². The third-order valence-corrected chi connectivity index (χ3v) is 3.14. The Balaban J connectivity index is 2.67. The molecule has 0 saturated heterocycles. The van der Waals surface area contributed by atoms with Crippen molar-refractivity contribution >= 4 is 5.97 Å². The molecule has 0 atom stereocenters. The first-order valence-electron chi connectivity index (χ1n) is 6.17. The Bertz CT molecular complexity index is 213. The fourth-order valence-electron chi connectivity index (χ4n) is 2.66. The maximum atomic E-state index is 12.1. The molecule has 0 heterocycles. The molecule has 15 heavy (non-hydrogen) atoms. The molecule has 0 bridgehead atoms. The molecule has 1 aliphatic carbocycles. The van der Waals surface area contributed by atoms with E-state index in [0.717, 1.165) is 19.3 Å². The molecule has 0 N–H and O–H groups in total. The Labute approximate surface area is 93.4 Å². The molecule has 0 radical (unpaired) electrons. The van der Waals surface area contributed by atoms with Gasteiger partial charge in [0.2, 0.25) is 0 Å². The maximum Gasteiger partial charge on any atom is 0.312 e. The first-order chi connectivity index (χ1) is 6.96. The van der Waals surface area contributed by atoms with E-state index in [1.807, 2.05) is 13.8 Å². The van der Waals surface area contributed by atoms with E-state index >= 15 is 0 Å². The normalized spacial score (nSPS) is 19.9. The van der Waals surface area contributed by atoms with Crippen LogP contribution in [-0.2, 0) is 9.53 Å². The minimum absolute atomic E-state index is 0.0159. The van der Waals surface area contributed by atoms with Crippen LogP contribution in [0.4, 0.5) is 0 Å². The maximum absolute atomic E-state index is 12.1.